The van der Waals surface area contributed by atoms with Crippen molar-refractivity contribution in [1.29, 1.82) is 0 Å². The van der Waals surface area contributed by atoms with Crippen LogP contribution >= 0.6 is 27.7 Å². The number of nitrogens with two attached hydrogens (primary N) is 1. The minimum atomic E-state index is 0.173. The van der Waals surface area contributed by atoms with Gasteiger partial charge in [0.05, 0.1) is 0 Å². The molecule has 0 saturated carbocycles. The quantitative estimate of drug-likeness (QED) is 0.710. The molecule has 1 nitrogen and oxygen atoms in total. The van der Waals surface area contributed by atoms with Gasteiger partial charge in [-0.15, -0.1) is 11.8 Å². The first kappa shape index (κ1) is 16.6. The molecule has 0 amide bonds. The summed E-state index contributed by atoms with van der Waals surface area (Å²) in [6, 6.07) is 17.3. The summed E-state index contributed by atoms with van der Waals surface area (Å²) < 4.78 is 1.14. The lowest BCUT2D eigenvalue weighted by Gasteiger charge is -2.13. The van der Waals surface area contributed by atoms with Gasteiger partial charge in [0.25, 0.3) is 0 Å². The molecule has 21 heavy (non-hydrogen) atoms. The summed E-state index contributed by atoms with van der Waals surface area (Å²) in [5.74, 6) is 1.51. The molecule has 0 aliphatic carbocycles. The zero-order valence-corrected chi connectivity index (χ0v) is 15.0. The van der Waals surface area contributed by atoms with Gasteiger partial charge in [0.1, 0.15) is 0 Å². The van der Waals surface area contributed by atoms with Gasteiger partial charge < -0.3 is 5.73 Å². The SMILES string of the molecule is CC(C)c1ccc(CC(N)CSc2ccccc2Br)cc1. The van der Waals surface area contributed by atoms with Crippen LogP contribution in [0.5, 0.6) is 0 Å². The van der Waals surface area contributed by atoms with E-state index in [1.807, 2.05) is 17.8 Å². The van der Waals surface area contributed by atoms with Crippen LogP contribution in [0, 0.1) is 0 Å². The molecule has 0 aromatic heterocycles. The normalized spacial score (nSPS) is 12.6. The Kier molecular flexibility index (Phi) is 6.34. The van der Waals surface area contributed by atoms with E-state index in [1.165, 1.54) is 16.0 Å². The Labute approximate surface area is 140 Å². The maximum absolute atomic E-state index is 6.27. The molecule has 2 N–H and O–H groups in total. The van der Waals surface area contributed by atoms with Crippen molar-refractivity contribution < 1.29 is 0 Å². The fourth-order valence-electron chi connectivity index (χ4n) is 2.16. The zero-order valence-electron chi connectivity index (χ0n) is 12.6. The molecule has 0 fully saturated rings. The lowest BCUT2D eigenvalue weighted by molar-refractivity contribution is 0.747. The summed E-state index contributed by atoms with van der Waals surface area (Å²) in [7, 11) is 0. The molecule has 1 unspecified atom stereocenters. The third-order valence-electron chi connectivity index (χ3n) is 3.43. The van der Waals surface area contributed by atoms with Crippen LogP contribution in [0.3, 0.4) is 0 Å². The molecule has 0 aliphatic heterocycles. The van der Waals surface area contributed by atoms with Gasteiger partial charge in [-0.1, -0.05) is 50.2 Å². The van der Waals surface area contributed by atoms with E-state index in [2.05, 4.69) is 72.2 Å². The molecule has 0 radical (unpaired) electrons. The summed E-state index contributed by atoms with van der Waals surface area (Å²) >= 11 is 5.38. The van der Waals surface area contributed by atoms with Crippen LogP contribution in [0.4, 0.5) is 0 Å². The van der Waals surface area contributed by atoms with Crippen molar-refractivity contribution >= 4 is 27.7 Å². The van der Waals surface area contributed by atoms with Gasteiger partial charge in [-0.2, -0.15) is 0 Å². The second-order valence-corrected chi connectivity index (χ2v) is 7.52. The summed E-state index contributed by atoms with van der Waals surface area (Å²) in [5.41, 5.74) is 8.97. The van der Waals surface area contributed by atoms with E-state index < -0.39 is 0 Å². The van der Waals surface area contributed by atoms with Crippen LogP contribution < -0.4 is 5.73 Å². The number of rotatable bonds is 6. The zero-order chi connectivity index (χ0) is 15.2. The Balaban J connectivity index is 1.87. The van der Waals surface area contributed by atoms with Crippen molar-refractivity contribution in [2.24, 2.45) is 5.73 Å². The minimum absolute atomic E-state index is 0.173. The van der Waals surface area contributed by atoms with Crippen molar-refractivity contribution in [2.75, 3.05) is 5.75 Å². The van der Waals surface area contributed by atoms with Crippen LogP contribution in [-0.2, 0) is 6.42 Å². The molecule has 2 aromatic rings. The first-order valence-electron chi connectivity index (χ1n) is 7.28. The van der Waals surface area contributed by atoms with Gasteiger partial charge in [-0.25, -0.2) is 0 Å². The maximum Gasteiger partial charge on any atom is 0.0311 e. The van der Waals surface area contributed by atoms with Crippen LogP contribution in [-0.4, -0.2) is 11.8 Å². The Morgan fingerprint density at radius 2 is 1.71 bits per heavy atom. The highest BCUT2D eigenvalue weighted by atomic mass is 79.9. The molecular weight excluding hydrogens is 342 g/mol. The van der Waals surface area contributed by atoms with Gasteiger partial charge in [0.2, 0.25) is 0 Å². The highest BCUT2D eigenvalue weighted by Crippen LogP contribution is 2.27. The molecule has 0 bridgehead atoms. The van der Waals surface area contributed by atoms with Gasteiger partial charge >= 0.3 is 0 Å². The maximum atomic E-state index is 6.27. The fourth-order valence-corrected chi connectivity index (χ4v) is 3.68. The second-order valence-electron chi connectivity index (χ2n) is 5.60. The smallest absolute Gasteiger partial charge is 0.0311 e. The average Bonchev–Trinajstić information content (AvgIpc) is 2.47. The van der Waals surface area contributed by atoms with Gasteiger partial charge in [-0.3, -0.25) is 0 Å². The largest absolute Gasteiger partial charge is 0.327 e. The predicted octanol–water partition coefficient (Wildman–Crippen LogP) is 5.23. The molecule has 0 heterocycles. The first-order chi connectivity index (χ1) is 10.1. The summed E-state index contributed by atoms with van der Waals surface area (Å²) in [6.07, 6.45) is 0.926. The van der Waals surface area contributed by atoms with Crippen molar-refractivity contribution in [3.05, 3.63) is 64.1 Å². The highest BCUT2D eigenvalue weighted by Gasteiger charge is 2.07. The molecule has 0 saturated heterocycles. The third-order valence-corrected chi connectivity index (χ3v) is 5.65. The van der Waals surface area contributed by atoms with Crippen LogP contribution in [0.2, 0.25) is 0 Å². The number of hydrogen-bond donors (Lipinski definition) is 1. The molecule has 3 heteroatoms. The van der Waals surface area contributed by atoms with Crippen molar-refractivity contribution in [1.82, 2.24) is 0 Å². The molecule has 1 atom stereocenters. The Morgan fingerprint density at radius 1 is 1.05 bits per heavy atom. The average molecular weight is 364 g/mol. The number of hydrogen-bond acceptors (Lipinski definition) is 2. The summed E-state index contributed by atoms with van der Waals surface area (Å²) in [4.78, 5) is 1.25. The molecule has 2 rings (SSSR count). The summed E-state index contributed by atoms with van der Waals surface area (Å²) in [6.45, 7) is 4.43. The standard InChI is InChI=1S/C18H22BrNS/c1-13(2)15-9-7-14(8-10-15)11-16(20)12-21-18-6-4-3-5-17(18)19/h3-10,13,16H,11-12,20H2,1-2H3. The minimum Gasteiger partial charge on any atom is -0.327 e. The van der Waals surface area contributed by atoms with E-state index in [-0.39, 0.29) is 6.04 Å². The van der Waals surface area contributed by atoms with E-state index in [9.17, 15) is 0 Å². The van der Waals surface area contributed by atoms with E-state index in [4.69, 9.17) is 5.73 Å². The van der Waals surface area contributed by atoms with Crippen LogP contribution in [0.1, 0.15) is 30.9 Å². The Bertz CT molecular complexity index is 566. The Morgan fingerprint density at radius 3 is 2.33 bits per heavy atom. The van der Waals surface area contributed by atoms with Gasteiger partial charge in [0, 0.05) is 21.2 Å². The molecular formula is C18H22BrNS. The summed E-state index contributed by atoms with van der Waals surface area (Å²) in [5, 5.41) is 0. The van der Waals surface area contributed by atoms with Crippen LogP contribution in [0.15, 0.2) is 57.9 Å². The molecule has 0 aliphatic rings. The number of halogens is 1. The van der Waals surface area contributed by atoms with E-state index in [0.717, 1.165) is 16.6 Å². The lowest BCUT2D eigenvalue weighted by Crippen LogP contribution is -2.25. The second kappa shape index (κ2) is 8.02. The van der Waals surface area contributed by atoms with Crippen molar-refractivity contribution in [3.8, 4) is 0 Å². The van der Waals surface area contributed by atoms with Crippen LogP contribution in [0.25, 0.3) is 0 Å². The third kappa shape index (κ3) is 5.17. The van der Waals surface area contributed by atoms with E-state index >= 15 is 0 Å². The topological polar surface area (TPSA) is 26.0 Å². The molecule has 0 spiro atoms. The highest BCUT2D eigenvalue weighted by molar-refractivity contribution is 9.10. The van der Waals surface area contributed by atoms with Crippen molar-refractivity contribution in [3.63, 3.8) is 0 Å². The van der Waals surface area contributed by atoms with Gasteiger partial charge in [0.15, 0.2) is 0 Å². The lowest BCUT2D eigenvalue weighted by atomic mass is 10.00. The fraction of sp³-hybridized carbons (Fsp3) is 0.333. The van der Waals surface area contributed by atoms with Gasteiger partial charge in [-0.05, 0) is 51.5 Å². The number of thioether (sulfide) groups is 1. The first-order valence-corrected chi connectivity index (χ1v) is 9.06. The number of benzene rings is 2. The molecule has 2 aromatic carbocycles. The van der Waals surface area contributed by atoms with E-state index in [0.29, 0.717) is 5.92 Å². The van der Waals surface area contributed by atoms with E-state index in [1.54, 1.807) is 0 Å². The monoisotopic (exact) mass is 363 g/mol. The predicted molar refractivity (Wildman–Crippen MR) is 97.1 cm³/mol. The Hall–Kier alpha value is -0.770. The molecule has 112 valence electrons. The van der Waals surface area contributed by atoms with Crippen molar-refractivity contribution in [2.45, 2.75) is 37.1 Å².